The second-order valence-corrected chi connectivity index (χ2v) is 8.47. The quantitative estimate of drug-likeness (QED) is 0.342. The van der Waals surface area contributed by atoms with Crippen molar-refractivity contribution in [1.29, 1.82) is 0 Å². The number of imidazole rings is 1. The van der Waals surface area contributed by atoms with E-state index in [0.29, 0.717) is 11.2 Å². The Balaban J connectivity index is 0.00000240. The molecule has 1 atom stereocenters. The van der Waals surface area contributed by atoms with Gasteiger partial charge in [0.05, 0.1) is 28.8 Å². The third kappa shape index (κ3) is 3.32. The van der Waals surface area contributed by atoms with Gasteiger partial charge in [-0.3, -0.25) is 9.78 Å². The van der Waals surface area contributed by atoms with Gasteiger partial charge in [-0.15, -0.1) is 12.4 Å². The number of amides is 1. The van der Waals surface area contributed by atoms with Crippen molar-refractivity contribution in [3.63, 3.8) is 0 Å². The largest absolute Gasteiger partial charge is 0.341 e. The minimum Gasteiger partial charge on any atom is -0.341 e. The summed E-state index contributed by atoms with van der Waals surface area (Å²) in [6.45, 7) is 0. The summed E-state index contributed by atoms with van der Waals surface area (Å²) in [6.07, 6.45) is 6.81. The number of aromatic nitrogens is 5. The number of hydrogen-bond acceptors (Lipinski definition) is 5. The topological polar surface area (TPSA) is 96.5 Å². The summed E-state index contributed by atoms with van der Waals surface area (Å²) in [6, 6.07) is 21.4. The number of H-pyrrole nitrogens is 1. The van der Waals surface area contributed by atoms with Crippen LogP contribution in [0, 0.1) is 0 Å². The van der Waals surface area contributed by atoms with E-state index in [1.165, 1.54) is 0 Å². The third-order valence-electron chi connectivity index (χ3n) is 6.52. The van der Waals surface area contributed by atoms with Crippen LogP contribution in [0.5, 0.6) is 0 Å². The van der Waals surface area contributed by atoms with Gasteiger partial charge in [0.25, 0.3) is 5.91 Å². The van der Waals surface area contributed by atoms with Crippen molar-refractivity contribution in [2.75, 3.05) is 0 Å². The summed E-state index contributed by atoms with van der Waals surface area (Å²) in [5.74, 6) is 0.607. The first-order valence-electron chi connectivity index (χ1n) is 11.3. The smallest absolute Gasteiger partial charge is 0.252 e. The fourth-order valence-electron chi connectivity index (χ4n) is 4.98. The molecule has 2 N–H and O–H groups in total. The zero-order valence-corrected chi connectivity index (χ0v) is 19.7. The zero-order chi connectivity index (χ0) is 23.4. The molecular formula is C28H19ClN6O. The third-order valence-corrected chi connectivity index (χ3v) is 6.52. The molecule has 6 aromatic rings. The summed E-state index contributed by atoms with van der Waals surface area (Å²) in [7, 11) is 0. The van der Waals surface area contributed by atoms with E-state index >= 15 is 0 Å². The van der Waals surface area contributed by atoms with Gasteiger partial charge in [0, 0.05) is 29.5 Å². The van der Waals surface area contributed by atoms with Crippen LogP contribution in [0.25, 0.3) is 44.6 Å². The molecule has 4 heterocycles. The van der Waals surface area contributed by atoms with E-state index in [9.17, 15) is 4.79 Å². The van der Waals surface area contributed by atoms with Crippen LogP contribution >= 0.6 is 12.4 Å². The lowest BCUT2D eigenvalue weighted by molar-refractivity contribution is 0.0945. The lowest BCUT2D eigenvalue weighted by atomic mass is 9.98. The van der Waals surface area contributed by atoms with Crippen molar-refractivity contribution in [3.8, 4) is 22.5 Å². The molecule has 36 heavy (non-hydrogen) atoms. The van der Waals surface area contributed by atoms with Crippen LogP contribution in [-0.2, 0) is 0 Å². The van der Waals surface area contributed by atoms with Crippen LogP contribution in [0.2, 0.25) is 0 Å². The number of nitrogens with one attached hydrogen (secondary N) is 2. The first kappa shape index (κ1) is 21.9. The molecule has 7 nitrogen and oxygen atoms in total. The number of benzene rings is 2. The zero-order valence-electron chi connectivity index (χ0n) is 18.8. The average Bonchev–Trinajstić information content (AvgIpc) is 3.48. The minimum absolute atomic E-state index is 0. The van der Waals surface area contributed by atoms with Crippen molar-refractivity contribution < 1.29 is 4.79 Å². The standard InChI is InChI=1S/C28H18N6O.ClH/c35-28(19-10-14-31-26-18(19)9-4-12-30-26)34-25-17-6-2-1-5-16(17)24-20(25)7-3-8-21(24)27-32-22-11-13-29-15-23(22)33-27;/h1-15,25H,(H,32,33)(H,34,35);1H. The molecule has 1 unspecified atom stereocenters. The maximum Gasteiger partial charge on any atom is 0.252 e. The van der Waals surface area contributed by atoms with Gasteiger partial charge in [-0.25, -0.2) is 15.0 Å². The molecule has 0 radical (unpaired) electrons. The van der Waals surface area contributed by atoms with Crippen LogP contribution in [-0.4, -0.2) is 30.8 Å². The summed E-state index contributed by atoms with van der Waals surface area (Å²) in [5, 5.41) is 4.00. The Hall–Kier alpha value is -4.62. The molecule has 0 bridgehead atoms. The maximum absolute atomic E-state index is 13.5. The first-order valence-corrected chi connectivity index (χ1v) is 11.3. The molecule has 4 aromatic heterocycles. The summed E-state index contributed by atoms with van der Waals surface area (Å²) < 4.78 is 0. The number of carbonyl (C=O) groups excluding carboxylic acids is 1. The fourth-order valence-corrected chi connectivity index (χ4v) is 4.98. The molecule has 0 saturated heterocycles. The molecule has 7 rings (SSSR count). The highest BCUT2D eigenvalue weighted by Gasteiger charge is 2.32. The molecular weight excluding hydrogens is 472 g/mol. The van der Waals surface area contributed by atoms with E-state index in [4.69, 9.17) is 4.98 Å². The molecule has 0 spiro atoms. The number of rotatable bonds is 3. The molecule has 1 aliphatic carbocycles. The lowest BCUT2D eigenvalue weighted by Crippen LogP contribution is -2.28. The van der Waals surface area contributed by atoms with Gasteiger partial charge in [0.2, 0.25) is 0 Å². The maximum atomic E-state index is 13.5. The number of halogens is 1. The molecule has 8 heteroatoms. The average molecular weight is 491 g/mol. The highest BCUT2D eigenvalue weighted by molar-refractivity contribution is 6.06. The second-order valence-electron chi connectivity index (χ2n) is 8.47. The molecule has 0 saturated carbocycles. The Labute approximate surface area is 212 Å². The summed E-state index contributed by atoms with van der Waals surface area (Å²) in [4.78, 5) is 34.5. The van der Waals surface area contributed by atoms with Gasteiger partial charge >= 0.3 is 0 Å². The monoisotopic (exact) mass is 490 g/mol. The number of carbonyl (C=O) groups is 1. The van der Waals surface area contributed by atoms with Crippen LogP contribution < -0.4 is 5.32 Å². The van der Waals surface area contributed by atoms with Crippen molar-refractivity contribution in [1.82, 2.24) is 30.2 Å². The normalized spacial score (nSPS) is 13.7. The van der Waals surface area contributed by atoms with Gasteiger partial charge in [0.15, 0.2) is 5.65 Å². The SMILES string of the molecule is Cl.O=C(NC1c2ccccc2-c2c(-c3nc4ccncc4[nH]3)cccc21)c1ccnc2ncccc12. The predicted molar refractivity (Wildman–Crippen MR) is 141 cm³/mol. The first-order chi connectivity index (χ1) is 17.3. The van der Waals surface area contributed by atoms with Gasteiger partial charge < -0.3 is 10.3 Å². The molecule has 0 fully saturated rings. The predicted octanol–water partition coefficient (Wildman–Crippen LogP) is 5.49. The fraction of sp³-hybridized carbons (Fsp3) is 0.0357. The molecule has 174 valence electrons. The Morgan fingerprint density at radius 1 is 0.833 bits per heavy atom. The molecule has 2 aromatic carbocycles. The number of nitrogens with zero attached hydrogens (tertiary/aromatic N) is 4. The van der Waals surface area contributed by atoms with Gasteiger partial charge in [0.1, 0.15) is 5.82 Å². The number of fused-ring (bicyclic) bond motifs is 5. The molecule has 1 aliphatic rings. The molecule has 1 amide bonds. The van der Waals surface area contributed by atoms with Crippen molar-refractivity contribution >= 4 is 40.4 Å². The number of pyridine rings is 3. The van der Waals surface area contributed by atoms with Crippen LogP contribution in [0.4, 0.5) is 0 Å². The van der Waals surface area contributed by atoms with E-state index in [0.717, 1.165) is 50.1 Å². The molecule has 0 aliphatic heterocycles. The summed E-state index contributed by atoms with van der Waals surface area (Å²) >= 11 is 0. The number of aromatic amines is 1. The van der Waals surface area contributed by atoms with Crippen molar-refractivity contribution in [2.45, 2.75) is 6.04 Å². The van der Waals surface area contributed by atoms with E-state index in [2.05, 4.69) is 49.5 Å². The van der Waals surface area contributed by atoms with Gasteiger partial charge in [-0.1, -0.05) is 42.5 Å². The number of hydrogen-bond donors (Lipinski definition) is 2. The Morgan fingerprint density at radius 3 is 2.58 bits per heavy atom. The van der Waals surface area contributed by atoms with E-state index in [-0.39, 0.29) is 24.4 Å². The highest BCUT2D eigenvalue weighted by atomic mass is 35.5. The summed E-state index contributed by atoms with van der Waals surface area (Å²) in [5.41, 5.74) is 8.08. The van der Waals surface area contributed by atoms with Crippen molar-refractivity contribution in [3.05, 3.63) is 108 Å². The van der Waals surface area contributed by atoms with Crippen molar-refractivity contribution in [2.24, 2.45) is 0 Å². The Bertz CT molecular complexity index is 1740. The lowest BCUT2D eigenvalue weighted by Gasteiger charge is -2.17. The van der Waals surface area contributed by atoms with Crippen LogP contribution in [0.15, 0.2) is 91.5 Å². The van der Waals surface area contributed by atoms with E-state index in [1.54, 1.807) is 30.9 Å². The Kier molecular flexibility index (Phi) is 5.20. The Morgan fingerprint density at radius 2 is 1.67 bits per heavy atom. The van der Waals surface area contributed by atoms with Gasteiger partial charge in [-0.05, 0) is 46.5 Å². The van der Waals surface area contributed by atoms with E-state index < -0.39 is 0 Å². The van der Waals surface area contributed by atoms with Gasteiger partial charge in [-0.2, -0.15) is 0 Å². The second kappa shape index (κ2) is 8.55. The highest BCUT2D eigenvalue weighted by Crippen LogP contribution is 2.47. The minimum atomic E-state index is -0.292. The van der Waals surface area contributed by atoms with E-state index in [1.807, 2.05) is 36.4 Å². The van der Waals surface area contributed by atoms with Crippen LogP contribution in [0.1, 0.15) is 27.5 Å². The van der Waals surface area contributed by atoms with Crippen LogP contribution in [0.3, 0.4) is 0 Å².